The van der Waals surface area contributed by atoms with E-state index in [4.69, 9.17) is 4.74 Å². The van der Waals surface area contributed by atoms with Gasteiger partial charge in [0.1, 0.15) is 30.5 Å². The molecule has 1 saturated carbocycles. The number of rotatable bonds is 8. The highest BCUT2D eigenvalue weighted by molar-refractivity contribution is 5.50. The second-order valence-corrected chi connectivity index (χ2v) is 9.61. The zero-order valence-electron chi connectivity index (χ0n) is 20.3. The monoisotopic (exact) mass is 456 g/mol. The van der Waals surface area contributed by atoms with Crippen LogP contribution in [0.2, 0.25) is 0 Å². The molecule has 5 heteroatoms. The van der Waals surface area contributed by atoms with E-state index < -0.39 is 37.1 Å². The van der Waals surface area contributed by atoms with Gasteiger partial charge in [-0.05, 0) is 80.2 Å². The normalized spacial score (nSPS) is 30.9. The zero-order chi connectivity index (χ0) is 24.1. The Morgan fingerprint density at radius 2 is 1.70 bits per heavy atom. The van der Waals surface area contributed by atoms with E-state index in [0.29, 0.717) is 5.57 Å². The molecule has 0 amide bonds. The maximum absolute atomic E-state index is 10.7. The molecule has 1 aromatic carbocycles. The van der Waals surface area contributed by atoms with E-state index in [1.807, 2.05) is 0 Å². The fourth-order valence-corrected chi connectivity index (χ4v) is 5.09. The van der Waals surface area contributed by atoms with Crippen molar-refractivity contribution in [1.82, 2.24) is 0 Å². The molecule has 1 heterocycles. The maximum atomic E-state index is 10.7. The van der Waals surface area contributed by atoms with Crippen LogP contribution in [0.5, 0.6) is 0 Å². The molecule has 0 radical (unpaired) electrons. The summed E-state index contributed by atoms with van der Waals surface area (Å²) in [6.45, 7) is 10.3. The van der Waals surface area contributed by atoms with Crippen LogP contribution in [0.25, 0.3) is 0 Å². The number of unbranched alkanes of at least 4 members (excludes halogenated alkanes) is 1. The first kappa shape index (κ1) is 25.9. The second-order valence-electron chi connectivity index (χ2n) is 9.61. The second kappa shape index (κ2) is 11.6. The zero-order valence-corrected chi connectivity index (χ0v) is 20.3. The Morgan fingerprint density at radius 3 is 2.33 bits per heavy atom. The number of aliphatic hydroxyl groups excluding tert-OH is 4. The third-order valence-corrected chi connectivity index (χ3v) is 7.09. The Hall–Kier alpha value is -1.76. The molecule has 2 aliphatic rings. The topological polar surface area (TPSA) is 90.2 Å². The lowest BCUT2D eigenvalue weighted by Crippen LogP contribution is -2.59. The Balaban J connectivity index is 1.96. The summed E-state index contributed by atoms with van der Waals surface area (Å²) >= 11 is 0. The summed E-state index contributed by atoms with van der Waals surface area (Å²) in [5.41, 5.74) is 8.29. The van der Waals surface area contributed by atoms with Crippen molar-refractivity contribution in [2.75, 3.05) is 6.61 Å². The van der Waals surface area contributed by atoms with Crippen molar-refractivity contribution in [3.05, 3.63) is 69.8 Å². The SMILES string of the molecule is C=C(/C(CCCC)=C1/CCC/C1=C(/C)Cc1ccc(C)cc1)[C@@H]1O[C@H](CO)[C@@H](O)[C@H](O)[C@H]1O. The average molecular weight is 457 g/mol. The molecule has 0 unspecified atom stereocenters. The Labute approximate surface area is 198 Å². The van der Waals surface area contributed by atoms with Gasteiger partial charge in [-0.1, -0.05) is 55.3 Å². The van der Waals surface area contributed by atoms with E-state index in [-0.39, 0.29) is 0 Å². The van der Waals surface area contributed by atoms with Gasteiger partial charge < -0.3 is 25.2 Å². The van der Waals surface area contributed by atoms with Gasteiger partial charge >= 0.3 is 0 Å². The lowest BCUT2D eigenvalue weighted by molar-refractivity contribution is -0.218. The van der Waals surface area contributed by atoms with Crippen molar-refractivity contribution >= 4 is 0 Å². The molecular formula is C28H40O5. The molecule has 5 nitrogen and oxygen atoms in total. The molecule has 0 aromatic heterocycles. The summed E-state index contributed by atoms with van der Waals surface area (Å²) in [5, 5.41) is 40.8. The highest BCUT2D eigenvalue weighted by Crippen LogP contribution is 2.41. The van der Waals surface area contributed by atoms with Crippen molar-refractivity contribution < 1.29 is 25.2 Å². The Morgan fingerprint density at radius 1 is 1.03 bits per heavy atom. The standard InChI is InChI=1S/C28H40O5/c1-5-6-8-22(19(4)28-27(32)26(31)25(30)24(16-29)33-28)23-10-7-9-21(23)18(3)15-20-13-11-17(2)12-14-20/h11-14,24-32H,4-10,15-16H2,1-3H3/b21-18+,23-22-/t24-,25-,26+,27-,28+/m1/s1. The van der Waals surface area contributed by atoms with E-state index >= 15 is 0 Å². The summed E-state index contributed by atoms with van der Waals surface area (Å²) in [6.07, 6.45) is 0.941. The molecule has 0 spiro atoms. The quantitative estimate of drug-likeness (QED) is 0.476. The predicted molar refractivity (Wildman–Crippen MR) is 131 cm³/mol. The van der Waals surface area contributed by atoms with Crippen LogP contribution in [0, 0.1) is 6.92 Å². The van der Waals surface area contributed by atoms with Gasteiger partial charge in [-0.25, -0.2) is 0 Å². The first-order valence-corrected chi connectivity index (χ1v) is 12.2. The van der Waals surface area contributed by atoms with Gasteiger partial charge in [-0.15, -0.1) is 0 Å². The predicted octanol–water partition coefficient (Wildman–Crippen LogP) is 3.92. The van der Waals surface area contributed by atoms with E-state index in [0.717, 1.165) is 50.5 Å². The molecule has 4 N–H and O–H groups in total. The van der Waals surface area contributed by atoms with E-state index in [1.54, 1.807) is 0 Å². The van der Waals surface area contributed by atoms with Crippen molar-refractivity contribution in [2.45, 2.75) is 96.2 Å². The van der Waals surface area contributed by atoms with Crippen LogP contribution in [0.4, 0.5) is 0 Å². The van der Waals surface area contributed by atoms with Gasteiger partial charge in [0.25, 0.3) is 0 Å². The number of allylic oxidation sites excluding steroid dienone is 3. The Bertz CT molecular complexity index is 880. The third-order valence-electron chi connectivity index (χ3n) is 7.09. The lowest BCUT2D eigenvalue weighted by atomic mass is 9.83. The van der Waals surface area contributed by atoms with Gasteiger partial charge in [0.2, 0.25) is 0 Å². The molecule has 33 heavy (non-hydrogen) atoms. The number of benzene rings is 1. The summed E-state index contributed by atoms with van der Waals surface area (Å²) in [7, 11) is 0. The van der Waals surface area contributed by atoms with Crippen molar-refractivity contribution in [3.8, 4) is 0 Å². The van der Waals surface area contributed by atoms with Gasteiger partial charge in [0, 0.05) is 0 Å². The van der Waals surface area contributed by atoms with Crippen LogP contribution >= 0.6 is 0 Å². The molecule has 0 bridgehead atoms. The van der Waals surface area contributed by atoms with E-state index in [9.17, 15) is 20.4 Å². The molecule has 5 atom stereocenters. The van der Waals surface area contributed by atoms with Crippen LogP contribution in [0.15, 0.2) is 58.7 Å². The van der Waals surface area contributed by atoms with Gasteiger partial charge in [-0.3, -0.25) is 0 Å². The highest BCUT2D eigenvalue weighted by atomic mass is 16.5. The average Bonchev–Trinajstić information content (AvgIpc) is 3.29. The summed E-state index contributed by atoms with van der Waals surface area (Å²) in [6, 6.07) is 8.66. The third kappa shape index (κ3) is 5.84. The van der Waals surface area contributed by atoms with Crippen LogP contribution in [-0.4, -0.2) is 57.6 Å². The smallest absolute Gasteiger partial charge is 0.113 e. The number of aliphatic hydroxyl groups is 4. The minimum Gasteiger partial charge on any atom is -0.394 e. The first-order valence-electron chi connectivity index (χ1n) is 12.2. The van der Waals surface area contributed by atoms with Crippen molar-refractivity contribution in [1.29, 1.82) is 0 Å². The van der Waals surface area contributed by atoms with Gasteiger partial charge in [0.15, 0.2) is 0 Å². The lowest BCUT2D eigenvalue weighted by Gasteiger charge is -2.41. The largest absolute Gasteiger partial charge is 0.394 e. The molecule has 1 aliphatic carbocycles. The fourth-order valence-electron chi connectivity index (χ4n) is 5.09. The molecule has 1 saturated heterocycles. The molecule has 2 fully saturated rings. The minimum absolute atomic E-state index is 0.434. The van der Waals surface area contributed by atoms with Crippen LogP contribution in [0.3, 0.4) is 0 Å². The van der Waals surface area contributed by atoms with Gasteiger partial charge in [-0.2, -0.15) is 0 Å². The van der Waals surface area contributed by atoms with Crippen molar-refractivity contribution in [3.63, 3.8) is 0 Å². The fraction of sp³-hybridized carbons (Fsp3) is 0.571. The summed E-state index contributed by atoms with van der Waals surface area (Å²) in [4.78, 5) is 0. The summed E-state index contributed by atoms with van der Waals surface area (Å²) < 4.78 is 5.86. The minimum atomic E-state index is -1.39. The molecular weight excluding hydrogens is 416 g/mol. The van der Waals surface area contributed by atoms with Crippen LogP contribution in [0.1, 0.15) is 63.5 Å². The number of hydrogen-bond donors (Lipinski definition) is 4. The van der Waals surface area contributed by atoms with E-state index in [2.05, 4.69) is 51.6 Å². The number of ether oxygens (including phenoxy) is 1. The Kier molecular flexibility index (Phi) is 9.08. The molecule has 3 rings (SSSR count). The molecule has 1 aromatic rings. The van der Waals surface area contributed by atoms with Gasteiger partial charge in [0.05, 0.1) is 6.61 Å². The molecule has 1 aliphatic heterocycles. The first-order chi connectivity index (χ1) is 15.8. The van der Waals surface area contributed by atoms with Crippen LogP contribution < -0.4 is 0 Å². The van der Waals surface area contributed by atoms with E-state index in [1.165, 1.54) is 27.8 Å². The van der Waals surface area contributed by atoms with Crippen molar-refractivity contribution in [2.24, 2.45) is 0 Å². The van der Waals surface area contributed by atoms with Crippen LogP contribution in [-0.2, 0) is 11.2 Å². The number of hydrogen-bond acceptors (Lipinski definition) is 5. The highest BCUT2D eigenvalue weighted by Gasteiger charge is 2.45. The molecule has 182 valence electrons. The summed E-state index contributed by atoms with van der Waals surface area (Å²) in [5.74, 6) is 0. The number of aryl methyl sites for hydroxylation is 1. The maximum Gasteiger partial charge on any atom is 0.113 e.